The van der Waals surface area contributed by atoms with Gasteiger partial charge < -0.3 is 15.2 Å². The van der Waals surface area contributed by atoms with Gasteiger partial charge in [-0.15, -0.1) is 0 Å². The lowest BCUT2D eigenvalue weighted by atomic mass is 9.57. The predicted molar refractivity (Wildman–Crippen MR) is 88.3 cm³/mol. The van der Waals surface area contributed by atoms with E-state index >= 15 is 0 Å². The Kier molecular flexibility index (Phi) is 5.27. The number of aliphatic carboxylic acids is 1. The third kappa shape index (κ3) is 3.81. The Morgan fingerprint density at radius 3 is 1.83 bits per heavy atom. The maximum absolute atomic E-state index is 12.4. The molecule has 5 nitrogen and oxygen atoms in total. The summed E-state index contributed by atoms with van der Waals surface area (Å²) in [7, 11) is 0. The first-order valence-electron chi connectivity index (χ1n) is 8.95. The second-order valence-electron chi connectivity index (χ2n) is 8.22. The summed E-state index contributed by atoms with van der Waals surface area (Å²) in [6.45, 7) is 5.48. The third-order valence-corrected chi connectivity index (χ3v) is 5.48. The summed E-state index contributed by atoms with van der Waals surface area (Å²) in [5, 5.41) is 13.1. The summed E-state index contributed by atoms with van der Waals surface area (Å²) in [4.78, 5) is 24.7. The fourth-order valence-electron chi connectivity index (χ4n) is 4.43. The lowest BCUT2D eigenvalue weighted by Crippen LogP contribution is -2.65. The second-order valence-corrected chi connectivity index (χ2v) is 8.22. The van der Waals surface area contributed by atoms with Crippen LogP contribution in [0.1, 0.15) is 85.0 Å². The van der Waals surface area contributed by atoms with Crippen molar-refractivity contribution in [1.82, 2.24) is 5.32 Å². The summed E-state index contributed by atoms with van der Waals surface area (Å²) < 4.78 is 5.44. The molecule has 1 amide bonds. The van der Waals surface area contributed by atoms with Crippen LogP contribution in [0.5, 0.6) is 0 Å². The van der Waals surface area contributed by atoms with E-state index < -0.39 is 28.6 Å². The van der Waals surface area contributed by atoms with E-state index in [1.165, 1.54) is 0 Å². The van der Waals surface area contributed by atoms with Crippen LogP contribution in [-0.4, -0.2) is 28.3 Å². The van der Waals surface area contributed by atoms with E-state index in [0.717, 1.165) is 51.4 Å². The van der Waals surface area contributed by atoms with Gasteiger partial charge in [-0.3, -0.25) is 4.79 Å². The minimum atomic E-state index is -0.845. The average molecular weight is 325 g/mol. The third-order valence-electron chi connectivity index (χ3n) is 5.48. The van der Waals surface area contributed by atoms with Crippen molar-refractivity contribution < 1.29 is 19.4 Å². The molecule has 0 spiro atoms. The van der Waals surface area contributed by atoms with Crippen molar-refractivity contribution in [2.24, 2.45) is 5.41 Å². The van der Waals surface area contributed by atoms with Crippen molar-refractivity contribution in [3.05, 3.63) is 0 Å². The molecule has 0 aromatic heterocycles. The van der Waals surface area contributed by atoms with Gasteiger partial charge in [0.1, 0.15) is 5.60 Å². The molecule has 0 saturated heterocycles. The van der Waals surface area contributed by atoms with Gasteiger partial charge in [0, 0.05) is 0 Å². The average Bonchev–Trinajstić information content (AvgIpc) is 2.46. The number of carbonyl (C=O) groups is 2. The Morgan fingerprint density at radius 2 is 1.39 bits per heavy atom. The Bertz CT molecular complexity index is 440. The molecule has 132 valence electrons. The van der Waals surface area contributed by atoms with Crippen LogP contribution in [0.4, 0.5) is 4.79 Å². The van der Waals surface area contributed by atoms with E-state index in [9.17, 15) is 14.7 Å². The first-order valence-corrected chi connectivity index (χ1v) is 8.95. The highest BCUT2D eigenvalue weighted by atomic mass is 16.6. The van der Waals surface area contributed by atoms with Crippen molar-refractivity contribution in [3.8, 4) is 0 Å². The maximum atomic E-state index is 12.4. The van der Waals surface area contributed by atoms with Gasteiger partial charge in [-0.25, -0.2) is 4.79 Å². The van der Waals surface area contributed by atoms with Crippen molar-refractivity contribution >= 4 is 12.1 Å². The summed E-state index contributed by atoms with van der Waals surface area (Å²) in [5.74, 6) is -0.754. The molecule has 0 bridgehead atoms. The number of carboxylic acid groups (broad SMARTS) is 1. The minimum absolute atomic E-state index is 0.481. The van der Waals surface area contributed by atoms with Crippen LogP contribution >= 0.6 is 0 Å². The smallest absolute Gasteiger partial charge is 0.408 e. The SMILES string of the molecule is CC(C)(C)OC(=O)NC1(C2(C(=O)O)CCCCC2)CCCCC1. The summed E-state index contributed by atoms with van der Waals surface area (Å²) >= 11 is 0. The van der Waals surface area contributed by atoms with Crippen molar-refractivity contribution in [2.75, 3.05) is 0 Å². The number of hydrogen-bond donors (Lipinski definition) is 2. The molecule has 2 aliphatic rings. The van der Waals surface area contributed by atoms with Gasteiger partial charge in [-0.1, -0.05) is 38.5 Å². The molecule has 0 atom stereocenters. The van der Waals surface area contributed by atoms with Crippen LogP contribution < -0.4 is 5.32 Å². The summed E-state index contributed by atoms with van der Waals surface area (Å²) in [6, 6.07) is 0. The van der Waals surface area contributed by atoms with E-state index in [4.69, 9.17) is 4.74 Å². The monoisotopic (exact) mass is 325 g/mol. The van der Waals surface area contributed by atoms with E-state index in [2.05, 4.69) is 5.32 Å². The van der Waals surface area contributed by atoms with Crippen LogP contribution in [0.3, 0.4) is 0 Å². The molecular weight excluding hydrogens is 294 g/mol. The van der Waals surface area contributed by atoms with Crippen LogP contribution in [0, 0.1) is 5.41 Å². The standard InChI is InChI=1S/C18H31NO4/c1-16(2,3)23-15(22)19-18(12-8-5-9-13-18)17(14(20)21)10-6-4-7-11-17/h4-13H2,1-3H3,(H,19,22)(H,20,21). The highest BCUT2D eigenvalue weighted by molar-refractivity contribution is 5.79. The number of alkyl carbamates (subject to hydrolysis) is 1. The molecule has 2 fully saturated rings. The van der Waals surface area contributed by atoms with Gasteiger partial charge in [-0.2, -0.15) is 0 Å². The zero-order valence-corrected chi connectivity index (χ0v) is 14.7. The van der Waals surface area contributed by atoms with Crippen LogP contribution in [-0.2, 0) is 9.53 Å². The highest BCUT2D eigenvalue weighted by Gasteiger charge is 2.57. The van der Waals surface area contributed by atoms with Gasteiger partial charge in [0.05, 0.1) is 11.0 Å². The van der Waals surface area contributed by atoms with E-state index in [0.29, 0.717) is 12.8 Å². The van der Waals surface area contributed by atoms with E-state index in [1.807, 2.05) is 20.8 Å². The van der Waals surface area contributed by atoms with Gasteiger partial charge in [0.2, 0.25) is 0 Å². The van der Waals surface area contributed by atoms with Crippen LogP contribution in [0.25, 0.3) is 0 Å². The van der Waals surface area contributed by atoms with Crippen molar-refractivity contribution in [2.45, 2.75) is 96.1 Å². The predicted octanol–water partition coefficient (Wildman–Crippen LogP) is 4.25. The molecule has 0 unspecified atom stereocenters. The van der Waals surface area contributed by atoms with Gasteiger partial charge in [-0.05, 0) is 46.5 Å². The number of ether oxygens (including phenoxy) is 1. The normalized spacial score (nSPS) is 23.8. The zero-order chi connectivity index (χ0) is 17.1. The fourth-order valence-corrected chi connectivity index (χ4v) is 4.43. The minimum Gasteiger partial charge on any atom is -0.481 e. The van der Waals surface area contributed by atoms with E-state index in [1.54, 1.807) is 0 Å². The molecule has 2 aliphatic carbocycles. The number of carboxylic acids is 1. The Morgan fingerprint density at radius 1 is 0.913 bits per heavy atom. The van der Waals surface area contributed by atoms with Crippen molar-refractivity contribution in [3.63, 3.8) is 0 Å². The van der Waals surface area contributed by atoms with Crippen molar-refractivity contribution in [1.29, 1.82) is 0 Å². The Balaban J connectivity index is 2.30. The van der Waals surface area contributed by atoms with Gasteiger partial charge in [0.25, 0.3) is 0 Å². The van der Waals surface area contributed by atoms with Gasteiger partial charge in [0.15, 0.2) is 0 Å². The fraction of sp³-hybridized carbons (Fsp3) is 0.889. The Labute approximate surface area is 139 Å². The number of carbonyl (C=O) groups excluding carboxylic acids is 1. The molecule has 2 rings (SSSR count). The number of nitrogens with one attached hydrogen (secondary N) is 1. The molecule has 0 aliphatic heterocycles. The summed E-state index contributed by atoms with van der Waals surface area (Å²) in [6.07, 6.45) is 8.24. The number of hydrogen-bond acceptors (Lipinski definition) is 3. The number of amides is 1. The molecule has 0 aromatic carbocycles. The molecule has 23 heavy (non-hydrogen) atoms. The van der Waals surface area contributed by atoms with E-state index in [-0.39, 0.29) is 0 Å². The van der Waals surface area contributed by atoms with Crippen LogP contribution in [0.15, 0.2) is 0 Å². The lowest BCUT2D eigenvalue weighted by Gasteiger charge is -2.52. The van der Waals surface area contributed by atoms with Crippen LogP contribution in [0.2, 0.25) is 0 Å². The Hall–Kier alpha value is -1.26. The second kappa shape index (κ2) is 6.70. The first kappa shape index (κ1) is 18.1. The first-order chi connectivity index (χ1) is 10.7. The number of rotatable bonds is 3. The summed E-state index contributed by atoms with van der Waals surface area (Å²) in [5.41, 5.74) is -2.09. The topological polar surface area (TPSA) is 75.6 Å². The maximum Gasteiger partial charge on any atom is 0.408 e. The molecule has 2 saturated carbocycles. The van der Waals surface area contributed by atoms with Gasteiger partial charge >= 0.3 is 12.1 Å². The largest absolute Gasteiger partial charge is 0.481 e. The zero-order valence-electron chi connectivity index (χ0n) is 14.7. The molecule has 0 aromatic rings. The quantitative estimate of drug-likeness (QED) is 0.813. The highest BCUT2D eigenvalue weighted by Crippen LogP contribution is 2.51. The molecule has 0 heterocycles. The molecule has 0 radical (unpaired) electrons. The molecular formula is C18H31NO4. The molecule has 2 N–H and O–H groups in total. The lowest BCUT2D eigenvalue weighted by molar-refractivity contribution is -0.159. The molecule has 5 heteroatoms.